The molecule has 0 aliphatic rings. The third kappa shape index (κ3) is 30.9. The number of ketones is 3. The van der Waals surface area contributed by atoms with Gasteiger partial charge in [0.2, 0.25) is 0 Å². The highest BCUT2D eigenvalue weighted by Crippen LogP contribution is 2.24. The first kappa shape index (κ1) is 66.4. The lowest BCUT2D eigenvalue weighted by molar-refractivity contribution is -0.118. The Morgan fingerprint density at radius 1 is 0.761 bits per heavy atom. The van der Waals surface area contributed by atoms with Crippen LogP contribution in [0.5, 0.6) is 0 Å². The largest absolute Gasteiger partial charge is 0.412 e. The second kappa shape index (κ2) is 37.2. The summed E-state index contributed by atoms with van der Waals surface area (Å²) < 4.78 is 19.3. The number of carbonyl (C=O) groups is 3. The molecule has 0 spiro atoms. The second-order valence-electron chi connectivity index (χ2n) is 16.3. The molecule has 0 saturated heterocycles. The van der Waals surface area contributed by atoms with Crippen LogP contribution in [0.4, 0.5) is 5.69 Å². The van der Waals surface area contributed by atoms with Crippen LogP contribution in [-0.2, 0) is 33.9 Å². The quantitative estimate of drug-likeness (QED) is 0.0605. The summed E-state index contributed by atoms with van der Waals surface area (Å²) in [7, 11) is -2.67. The van der Waals surface area contributed by atoms with Crippen LogP contribution in [0.1, 0.15) is 164 Å². The van der Waals surface area contributed by atoms with Crippen molar-refractivity contribution in [2.75, 3.05) is 24.5 Å². The minimum absolute atomic E-state index is 0. The highest BCUT2D eigenvalue weighted by atomic mass is 32.2. The van der Waals surface area contributed by atoms with Crippen LogP contribution < -0.4 is 10.8 Å². The maximum atomic E-state index is 13.0. The number of nitrogens with zero attached hydrogens (tertiary/aromatic N) is 1. The van der Waals surface area contributed by atoms with Gasteiger partial charge in [0.25, 0.3) is 0 Å². The molecule has 0 saturated carbocycles. The van der Waals surface area contributed by atoms with Crippen molar-refractivity contribution in [2.45, 2.75) is 140 Å². The molecule has 376 valence electrons. The van der Waals surface area contributed by atoms with E-state index in [0.717, 1.165) is 61.7 Å². The zero-order chi connectivity index (χ0) is 49.5. The third-order valence-corrected chi connectivity index (χ3v) is 10.4. The number of benzene rings is 4. The number of hydrogen-bond donors (Lipinski definition) is 3. The molecule has 1 aromatic heterocycles. The van der Waals surface area contributed by atoms with Gasteiger partial charge in [-0.2, -0.15) is 0 Å². The first-order valence-electron chi connectivity index (χ1n) is 22.8. The number of Topliss-reactive ketones (excluding diaryl/α,β-unsaturated/α-hetero) is 3. The van der Waals surface area contributed by atoms with E-state index >= 15 is 0 Å². The number of nitrogens with one attached hydrogen (secondary N) is 2. The minimum atomic E-state index is -2.67. The zero-order valence-corrected chi connectivity index (χ0v) is 43.8. The molecule has 0 fully saturated rings. The second-order valence-corrected chi connectivity index (χ2v) is 19.3. The fourth-order valence-corrected chi connectivity index (χ4v) is 6.55. The topological polar surface area (TPSA) is 174 Å². The SMILES string of the molecule is C.CC.CC.CC(=O)[C@H](C)NC[C@@H](C)Cc1cscn1.CC(=O)c1cc(CCCc2ccccc2)cc(C(=O)C[C@H](C)c2ccc(C)cc2)c1.CC(C)c1ccc(NO)cc1.CS(C)(=O)=O.O.[HH]. The van der Waals surface area contributed by atoms with Gasteiger partial charge in [0.15, 0.2) is 11.6 Å². The molecule has 10 nitrogen and oxygen atoms in total. The molecule has 1 heterocycles. The predicted octanol–water partition coefficient (Wildman–Crippen LogP) is 13.0. The Balaban J connectivity index is -0.000000452. The van der Waals surface area contributed by atoms with Crippen LogP contribution in [0.3, 0.4) is 0 Å². The van der Waals surface area contributed by atoms with E-state index in [9.17, 15) is 22.8 Å². The monoisotopic (exact) mass is 966 g/mol. The van der Waals surface area contributed by atoms with Crippen LogP contribution in [0.25, 0.3) is 0 Å². The third-order valence-electron chi connectivity index (χ3n) is 9.76. The Hall–Kier alpha value is -4.85. The Labute approximate surface area is 411 Å². The Morgan fingerprint density at radius 2 is 1.28 bits per heavy atom. The van der Waals surface area contributed by atoms with Crippen molar-refractivity contribution in [3.8, 4) is 0 Å². The van der Waals surface area contributed by atoms with E-state index in [1.165, 1.54) is 22.3 Å². The smallest absolute Gasteiger partial charge is 0.163 e. The fraction of sp³-hybridized carbons (Fsp3) is 0.455. The van der Waals surface area contributed by atoms with Gasteiger partial charge in [-0.05, 0) is 130 Å². The van der Waals surface area contributed by atoms with Gasteiger partial charge in [-0.25, -0.2) is 13.4 Å². The molecule has 0 radical (unpaired) electrons. The first-order valence-corrected chi connectivity index (χ1v) is 26.0. The summed E-state index contributed by atoms with van der Waals surface area (Å²) >= 11 is 1.63. The number of aryl methyl sites for hydroxylation is 3. The van der Waals surface area contributed by atoms with E-state index in [4.69, 9.17) is 5.21 Å². The summed E-state index contributed by atoms with van der Waals surface area (Å²) in [5.74, 6) is 1.48. The van der Waals surface area contributed by atoms with Crippen LogP contribution in [0.15, 0.2) is 108 Å². The summed E-state index contributed by atoms with van der Waals surface area (Å²) in [6.07, 6.45) is 6.55. The van der Waals surface area contributed by atoms with Gasteiger partial charge >= 0.3 is 0 Å². The Morgan fingerprint density at radius 3 is 1.76 bits per heavy atom. The number of anilines is 1. The lowest BCUT2D eigenvalue weighted by atomic mass is 9.90. The van der Waals surface area contributed by atoms with Gasteiger partial charge in [-0.3, -0.25) is 25.1 Å². The van der Waals surface area contributed by atoms with E-state index < -0.39 is 9.84 Å². The molecule has 4 aromatic carbocycles. The molecule has 5 aromatic rings. The van der Waals surface area contributed by atoms with Crippen molar-refractivity contribution in [1.82, 2.24) is 10.3 Å². The number of sulfone groups is 1. The molecule has 0 aliphatic heterocycles. The molecule has 0 unspecified atom stereocenters. The normalized spacial score (nSPS) is 11.3. The lowest BCUT2D eigenvalue weighted by Gasteiger charge is -2.14. The van der Waals surface area contributed by atoms with Crippen molar-refractivity contribution in [2.24, 2.45) is 5.92 Å². The maximum absolute atomic E-state index is 13.0. The van der Waals surface area contributed by atoms with Crippen LogP contribution >= 0.6 is 11.3 Å². The summed E-state index contributed by atoms with van der Waals surface area (Å²) in [4.78, 5) is 40.3. The standard InChI is InChI=1S/C28H30O2.C11H18N2OS.C9H13NO.C2H6O2S.2C2H6.CH4.H2O.H2/c1-20-12-14-25(15-13-20)21(2)16-28(30)27-18-24(17-26(19-27)22(3)29)11-7-10-23-8-5-4-6-9-23;1-8(4-11-6-15-7-13-11)5-12-9(2)10(3)14;1-7(2)8-3-5-9(10-11)6-4-8;1-5(2,3)4;2*1-2;;;/h4-6,8-9,12-15,17-19,21H,7,10-11,16H2,1-3H3;6-9,12H,4-5H2,1-3H3;3-7,10-11H,1-2H3;1-2H3;2*1-2H3;1H4;1H2;1H/t21-;8-,9-;;;;;;;/m00......./s1. The van der Waals surface area contributed by atoms with Gasteiger partial charge < -0.3 is 10.8 Å². The predicted molar refractivity (Wildman–Crippen MR) is 288 cm³/mol. The molecule has 0 amide bonds. The van der Waals surface area contributed by atoms with Crippen molar-refractivity contribution in [3.63, 3.8) is 0 Å². The van der Waals surface area contributed by atoms with Crippen LogP contribution in [0, 0.1) is 12.8 Å². The molecule has 67 heavy (non-hydrogen) atoms. The molecular weight excluding hydrogens is 879 g/mol. The molecule has 12 heteroatoms. The van der Waals surface area contributed by atoms with Crippen molar-refractivity contribution >= 4 is 44.2 Å². The molecule has 3 atom stereocenters. The van der Waals surface area contributed by atoms with Crippen molar-refractivity contribution in [1.29, 1.82) is 0 Å². The molecule has 5 rings (SSSR count). The van der Waals surface area contributed by atoms with Gasteiger partial charge in [0.1, 0.15) is 15.6 Å². The number of hydrogen-bond acceptors (Lipinski definition) is 10. The zero-order valence-electron chi connectivity index (χ0n) is 42.2. The lowest BCUT2D eigenvalue weighted by Crippen LogP contribution is -2.35. The average Bonchev–Trinajstić information content (AvgIpc) is 3.80. The molecule has 5 N–H and O–H groups in total. The Bertz CT molecular complexity index is 2160. The summed E-state index contributed by atoms with van der Waals surface area (Å²) in [6.45, 7) is 24.5. The maximum Gasteiger partial charge on any atom is 0.163 e. The van der Waals surface area contributed by atoms with Crippen molar-refractivity contribution in [3.05, 3.63) is 153 Å². The number of aromatic nitrogens is 1. The van der Waals surface area contributed by atoms with Gasteiger partial charge in [0, 0.05) is 36.9 Å². The van der Waals surface area contributed by atoms with Gasteiger partial charge in [0.05, 0.1) is 22.9 Å². The summed E-state index contributed by atoms with van der Waals surface area (Å²) in [5, 5.41) is 13.8. The molecular formula is C55H87N3O7S2. The Kier molecular flexibility index (Phi) is 36.9. The number of carbonyl (C=O) groups excluding carboxylic acids is 3. The van der Waals surface area contributed by atoms with Crippen LogP contribution in [0.2, 0.25) is 0 Å². The average molecular weight is 966 g/mol. The van der Waals surface area contributed by atoms with E-state index in [0.29, 0.717) is 29.4 Å². The highest BCUT2D eigenvalue weighted by molar-refractivity contribution is 7.89. The summed E-state index contributed by atoms with van der Waals surface area (Å²) in [5.41, 5.74) is 13.1. The minimum Gasteiger partial charge on any atom is -0.412 e. The number of rotatable bonds is 17. The molecule has 0 aliphatic carbocycles. The van der Waals surface area contributed by atoms with Gasteiger partial charge in [-0.15, -0.1) is 11.3 Å². The molecule has 0 bridgehead atoms. The van der Waals surface area contributed by atoms with Crippen molar-refractivity contribution < 1.29 is 34.9 Å². The summed E-state index contributed by atoms with van der Waals surface area (Å²) in [6, 6.07) is 32.1. The van der Waals surface area contributed by atoms with E-state index in [2.05, 4.69) is 104 Å². The van der Waals surface area contributed by atoms with E-state index in [1.807, 2.05) is 82.6 Å². The number of thiazole rings is 1. The first-order chi connectivity index (χ1) is 30.7. The van der Waals surface area contributed by atoms with Gasteiger partial charge in [-0.1, -0.05) is 135 Å². The van der Waals surface area contributed by atoms with Crippen LogP contribution in [-0.4, -0.2) is 66.5 Å². The fourth-order valence-electron chi connectivity index (χ4n) is 5.98. The van der Waals surface area contributed by atoms with E-state index in [-0.39, 0.29) is 43.6 Å². The highest BCUT2D eigenvalue weighted by Gasteiger charge is 2.16. The van der Waals surface area contributed by atoms with E-state index in [1.54, 1.807) is 31.3 Å².